The molecule has 1 saturated heterocycles. The fourth-order valence-electron chi connectivity index (χ4n) is 4.26. The number of carboxylic acid groups (broad SMARTS) is 1. The molecule has 3 aromatic rings. The number of likely N-dealkylation sites (tertiary alicyclic amines) is 1. The highest BCUT2D eigenvalue weighted by atomic mass is 35.5. The summed E-state index contributed by atoms with van der Waals surface area (Å²) in [5.41, 5.74) is -1.22. The lowest BCUT2D eigenvalue weighted by Gasteiger charge is -2.40. The second-order valence-corrected chi connectivity index (χ2v) is 13.1. The first-order valence-electron chi connectivity index (χ1n) is 13.1. The number of phenols is 1. The van der Waals surface area contributed by atoms with Gasteiger partial charge in [-0.15, -0.1) is 0 Å². The molecular weight excluding hydrogens is 624 g/mol. The van der Waals surface area contributed by atoms with Gasteiger partial charge in [0, 0.05) is 24.7 Å². The Labute approximate surface area is 256 Å². The Hall–Kier alpha value is -4.43. The number of nitrogens with one attached hydrogen (secondary N) is 2. The molecule has 4 rings (SSSR count). The molecule has 11 nitrogen and oxygen atoms in total. The van der Waals surface area contributed by atoms with E-state index in [0.717, 1.165) is 12.1 Å². The minimum atomic E-state index is -4.78. The Morgan fingerprint density at radius 1 is 1.05 bits per heavy atom. The quantitative estimate of drug-likeness (QED) is 0.271. The Morgan fingerprint density at radius 3 is 2.27 bits per heavy atom. The van der Waals surface area contributed by atoms with Gasteiger partial charge < -0.3 is 25.2 Å². The standard InChI is InChI=1S/C29H28ClF2N3O8S/c1-29(2,3)43-28(40)35-13-18(14-35)33-25(36)8-15-4-6-16(7-5-15)19-11-23(22(32)12-21(19)31)34-44(41,42)24-10-17(27(38)39)9-20(30)26(24)37/h4-7,9-12,18,34,37H,8,13-14H2,1-3H3,(H,33,36)(H,38,39). The summed E-state index contributed by atoms with van der Waals surface area (Å²) in [6.07, 6.45) is -0.473. The molecule has 44 heavy (non-hydrogen) atoms. The van der Waals surface area contributed by atoms with Crippen LogP contribution in [0, 0.1) is 11.6 Å². The summed E-state index contributed by atoms with van der Waals surface area (Å²) in [6.45, 7) is 5.90. The van der Waals surface area contributed by atoms with E-state index >= 15 is 0 Å². The van der Waals surface area contributed by atoms with E-state index in [9.17, 15) is 41.8 Å². The average molecular weight is 652 g/mol. The molecule has 1 aliphatic rings. The van der Waals surface area contributed by atoms with Crippen LogP contribution in [0.5, 0.6) is 5.75 Å². The number of halogens is 3. The first-order valence-corrected chi connectivity index (χ1v) is 14.9. The van der Waals surface area contributed by atoms with Crippen LogP contribution in [0.15, 0.2) is 53.4 Å². The van der Waals surface area contributed by atoms with Crippen LogP contribution in [0.4, 0.5) is 19.3 Å². The number of aromatic carboxylic acids is 1. The molecule has 0 atom stereocenters. The molecule has 0 aliphatic carbocycles. The molecule has 0 unspecified atom stereocenters. The largest absolute Gasteiger partial charge is 0.505 e. The number of amides is 2. The van der Waals surface area contributed by atoms with Crippen molar-refractivity contribution in [2.24, 2.45) is 0 Å². The first kappa shape index (κ1) is 32.5. The zero-order chi connectivity index (χ0) is 32.6. The van der Waals surface area contributed by atoms with Gasteiger partial charge in [0.15, 0.2) is 5.75 Å². The van der Waals surface area contributed by atoms with Crippen molar-refractivity contribution in [1.82, 2.24) is 10.2 Å². The highest BCUT2D eigenvalue weighted by Gasteiger charge is 2.34. The molecule has 0 saturated carbocycles. The number of nitrogens with zero attached hydrogens (tertiary/aromatic N) is 1. The zero-order valence-corrected chi connectivity index (χ0v) is 25.2. The number of phenolic OH excluding ortho intramolecular Hbond substituents is 1. The van der Waals surface area contributed by atoms with E-state index < -0.39 is 66.2 Å². The van der Waals surface area contributed by atoms with Gasteiger partial charge in [0.25, 0.3) is 10.0 Å². The second kappa shape index (κ2) is 12.3. The molecule has 0 radical (unpaired) electrons. The molecule has 1 heterocycles. The molecule has 15 heteroatoms. The molecule has 0 bridgehead atoms. The number of rotatable bonds is 8. The molecule has 1 aliphatic heterocycles. The van der Waals surface area contributed by atoms with Crippen molar-refractivity contribution in [3.8, 4) is 16.9 Å². The van der Waals surface area contributed by atoms with Gasteiger partial charge in [-0.05, 0) is 50.1 Å². The van der Waals surface area contributed by atoms with Crippen molar-refractivity contribution in [3.63, 3.8) is 0 Å². The van der Waals surface area contributed by atoms with Crippen molar-refractivity contribution in [2.75, 3.05) is 17.8 Å². The number of anilines is 1. The minimum Gasteiger partial charge on any atom is -0.505 e. The molecule has 234 valence electrons. The highest BCUT2D eigenvalue weighted by Crippen LogP contribution is 2.35. The number of benzene rings is 3. The lowest BCUT2D eigenvalue weighted by Crippen LogP contribution is -2.61. The van der Waals surface area contributed by atoms with Crippen LogP contribution in [-0.4, -0.2) is 66.2 Å². The molecule has 0 spiro atoms. The summed E-state index contributed by atoms with van der Waals surface area (Å²) in [6, 6.07) is 8.65. The Kier molecular flexibility index (Phi) is 9.07. The van der Waals surface area contributed by atoms with Crippen LogP contribution in [0.3, 0.4) is 0 Å². The summed E-state index contributed by atoms with van der Waals surface area (Å²) in [5.74, 6) is -5.05. The van der Waals surface area contributed by atoms with Crippen LogP contribution in [-0.2, 0) is 26.0 Å². The smallest absolute Gasteiger partial charge is 0.410 e. The topological polar surface area (TPSA) is 162 Å². The third kappa shape index (κ3) is 7.55. The van der Waals surface area contributed by atoms with Gasteiger partial charge in [-0.1, -0.05) is 35.9 Å². The van der Waals surface area contributed by atoms with E-state index in [4.69, 9.17) is 16.3 Å². The highest BCUT2D eigenvalue weighted by molar-refractivity contribution is 7.92. The number of carboxylic acids is 1. The van der Waals surface area contributed by atoms with Crippen LogP contribution in [0.25, 0.3) is 11.1 Å². The maximum absolute atomic E-state index is 14.8. The van der Waals surface area contributed by atoms with Crippen LogP contribution in [0.2, 0.25) is 5.02 Å². The van der Waals surface area contributed by atoms with Crippen molar-refractivity contribution >= 4 is 45.3 Å². The summed E-state index contributed by atoms with van der Waals surface area (Å²) < 4.78 is 62.5. The maximum atomic E-state index is 14.8. The summed E-state index contributed by atoms with van der Waals surface area (Å²) in [5, 5.41) is 21.6. The van der Waals surface area contributed by atoms with E-state index in [-0.39, 0.29) is 29.5 Å². The monoisotopic (exact) mass is 651 g/mol. The predicted octanol–water partition coefficient (Wildman–Crippen LogP) is 4.77. The van der Waals surface area contributed by atoms with Crippen LogP contribution >= 0.6 is 11.6 Å². The number of carbonyl (C=O) groups is 3. The second-order valence-electron chi connectivity index (χ2n) is 11.1. The fraction of sp³-hybridized carbons (Fsp3) is 0.276. The Balaban J connectivity index is 1.44. The van der Waals surface area contributed by atoms with E-state index in [1.807, 2.05) is 4.72 Å². The van der Waals surface area contributed by atoms with Crippen molar-refractivity contribution in [1.29, 1.82) is 0 Å². The molecular formula is C29H28ClF2N3O8S. The summed E-state index contributed by atoms with van der Waals surface area (Å²) in [4.78, 5) is 36.4. The Bertz CT molecular complexity index is 1740. The lowest BCUT2D eigenvalue weighted by molar-refractivity contribution is -0.122. The number of hydrogen-bond donors (Lipinski definition) is 4. The average Bonchev–Trinajstić information content (AvgIpc) is 2.88. The maximum Gasteiger partial charge on any atom is 0.410 e. The number of sulfonamides is 1. The van der Waals surface area contributed by atoms with Gasteiger partial charge in [-0.2, -0.15) is 0 Å². The van der Waals surface area contributed by atoms with Gasteiger partial charge in [-0.3, -0.25) is 9.52 Å². The van der Waals surface area contributed by atoms with E-state index in [0.29, 0.717) is 30.8 Å². The fourth-order valence-corrected chi connectivity index (χ4v) is 5.74. The molecule has 1 fully saturated rings. The number of carbonyl (C=O) groups excluding carboxylic acids is 2. The van der Waals surface area contributed by atoms with Gasteiger partial charge in [-0.25, -0.2) is 26.8 Å². The van der Waals surface area contributed by atoms with Crippen molar-refractivity contribution in [2.45, 2.75) is 43.7 Å². The van der Waals surface area contributed by atoms with Gasteiger partial charge >= 0.3 is 12.1 Å². The first-order chi connectivity index (χ1) is 20.4. The van der Waals surface area contributed by atoms with Gasteiger partial charge in [0.05, 0.1) is 28.7 Å². The third-order valence-corrected chi connectivity index (χ3v) is 8.06. The van der Waals surface area contributed by atoms with Crippen molar-refractivity contribution < 1.29 is 46.5 Å². The summed E-state index contributed by atoms with van der Waals surface area (Å²) >= 11 is 5.77. The number of ether oxygens (including phenoxy) is 1. The van der Waals surface area contributed by atoms with Gasteiger partial charge in [0.2, 0.25) is 5.91 Å². The van der Waals surface area contributed by atoms with E-state index in [2.05, 4.69) is 5.32 Å². The molecule has 2 amide bonds. The zero-order valence-electron chi connectivity index (χ0n) is 23.7. The van der Waals surface area contributed by atoms with Gasteiger partial charge in [0.1, 0.15) is 22.1 Å². The van der Waals surface area contributed by atoms with Crippen LogP contribution < -0.4 is 10.0 Å². The van der Waals surface area contributed by atoms with E-state index in [1.165, 1.54) is 17.0 Å². The predicted molar refractivity (Wildman–Crippen MR) is 156 cm³/mol. The minimum absolute atomic E-state index is 0.0123. The molecule has 4 N–H and O–H groups in total. The van der Waals surface area contributed by atoms with E-state index in [1.54, 1.807) is 32.9 Å². The molecule has 0 aromatic heterocycles. The number of hydrogen-bond acceptors (Lipinski definition) is 7. The SMILES string of the molecule is CC(C)(C)OC(=O)N1CC(NC(=O)Cc2ccc(-c3cc(NS(=O)(=O)c4cc(C(=O)O)cc(Cl)c4O)c(F)cc3F)cc2)C1. The number of aromatic hydroxyl groups is 1. The normalized spacial score (nSPS) is 13.6. The van der Waals surface area contributed by atoms with Crippen molar-refractivity contribution in [3.05, 3.63) is 76.3 Å². The third-order valence-electron chi connectivity index (χ3n) is 6.39. The summed E-state index contributed by atoms with van der Waals surface area (Å²) in [7, 11) is -4.78. The molecule has 3 aromatic carbocycles. The lowest BCUT2D eigenvalue weighted by atomic mass is 10.0. The Morgan fingerprint density at radius 2 is 1.68 bits per heavy atom. The van der Waals surface area contributed by atoms with Crippen LogP contribution in [0.1, 0.15) is 36.7 Å².